The summed E-state index contributed by atoms with van der Waals surface area (Å²) in [7, 11) is 0. The number of hydrogen-bond acceptors (Lipinski definition) is 4. The standard InChI is InChI=1S/C32H38FN3O2/c1-24-7-9-26(10-8-24)23-36-19-15-29(16-20-36)38-31-12-11-27(21-30(31)33)32(37)34-28-13-17-35(18-14-28)22-25-5-3-2-4-6-25/h2-12,21,28-29H,13-20,22-23H2,1H3,(H,34,37). The van der Waals surface area contributed by atoms with Crippen LogP contribution in [0.25, 0.3) is 0 Å². The maximum Gasteiger partial charge on any atom is 0.251 e. The van der Waals surface area contributed by atoms with Gasteiger partial charge in [-0.3, -0.25) is 14.6 Å². The molecule has 0 aromatic heterocycles. The first kappa shape index (κ1) is 26.4. The van der Waals surface area contributed by atoms with E-state index in [0.717, 1.165) is 65.0 Å². The molecule has 5 rings (SSSR count). The molecule has 5 nitrogen and oxygen atoms in total. The van der Waals surface area contributed by atoms with Crippen molar-refractivity contribution in [1.82, 2.24) is 15.1 Å². The Hall–Kier alpha value is -3.22. The number of ether oxygens (including phenoxy) is 1. The minimum absolute atomic E-state index is 0.0143. The molecule has 0 atom stereocenters. The first-order valence-electron chi connectivity index (χ1n) is 13.8. The van der Waals surface area contributed by atoms with Gasteiger partial charge in [0.25, 0.3) is 5.91 Å². The second kappa shape index (κ2) is 12.5. The van der Waals surface area contributed by atoms with E-state index < -0.39 is 5.82 Å². The molecule has 0 unspecified atom stereocenters. The number of piperidine rings is 2. The smallest absolute Gasteiger partial charge is 0.251 e. The Kier molecular flexibility index (Phi) is 8.72. The molecule has 200 valence electrons. The minimum Gasteiger partial charge on any atom is -0.487 e. The van der Waals surface area contributed by atoms with Crippen molar-refractivity contribution in [3.63, 3.8) is 0 Å². The number of hydrogen-bond donors (Lipinski definition) is 1. The fraction of sp³-hybridized carbons (Fsp3) is 0.406. The molecule has 2 aliphatic heterocycles. The van der Waals surface area contributed by atoms with Crippen LogP contribution in [-0.2, 0) is 13.1 Å². The average Bonchev–Trinajstić information content (AvgIpc) is 2.94. The molecule has 38 heavy (non-hydrogen) atoms. The van der Waals surface area contributed by atoms with Crippen molar-refractivity contribution in [3.8, 4) is 5.75 Å². The van der Waals surface area contributed by atoms with Crippen LogP contribution in [0.2, 0.25) is 0 Å². The summed E-state index contributed by atoms with van der Waals surface area (Å²) in [6, 6.07) is 23.8. The summed E-state index contributed by atoms with van der Waals surface area (Å²) >= 11 is 0. The fourth-order valence-electron chi connectivity index (χ4n) is 5.40. The van der Waals surface area contributed by atoms with Gasteiger partial charge in [0.15, 0.2) is 11.6 Å². The molecule has 3 aromatic rings. The Morgan fingerprint density at radius 1 is 0.842 bits per heavy atom. The number of carbonyl (C=O) groups excluding carboxylic acids is 1. The zero-order valence-electron chi connectivity index (χ0n) is 22.2. The monoisotopic (exact) mass is 515 g/mol. The second-order valence-corrected chi connectivity index (χ2v) is 10.7. The summed E-state index contributed by atoms with van der Waals surface area (Å²) in [5.74, 6) is -0.466. The molecule has 0 saturated carbocycles. The molecule has 2 aliphatic rings. The van der Waals surface area contributed by atoms with E-state index in [1.54, 1.807) is 12.1 Å². The van der Waals surface area contributed by atoms with Crippen LogP contribution in [0.4, 0.5) is 4.39 Å². The van der Waals surface area contributed by atoms with Crippen LogP contribution in [0.3, 0.4) is 0 Å². The molecule has 1 N–H and O–H groups in total. The molecular weight excluding hydrogens is 477 g/mol. The third-order valence-electron chi connectivity index (χ3n) is 7.72. The van der Waals surface area contributed by atoms with Crippen molar-refractivity contribution in [1.29, 1.82) is 0 Å². The van der Waals surface area contributed by atoms with E-state index in [1.165, 1.54) is 22.8 Å². The normalized spacial score (nSPS) is 17.8. The van der Waals surface area contributed by atoms with Gasteiger partial charge in [-0.2, -0.15) is 0 Å². The largest absolute Gasteiger partial charge is 0.487 e. The Labute approximate surface area is 225 Å². The van der Waals surface area contributed by atoms with Gasteiger partial charge in [-0.15, -0.1) is 0 Å². The van der Waals surface area contributed by atoms with Gasteiger partial charge in [0.05, 0.1) is 0 Å². The first-order valence-corrected chi connectivity index (χ1v) is 13.8. The maximum atomic E-state index is 14.9. The molecule has 2 fully saturated rings. The van der Waals surface area contributed by atoms with Gasteiger partial charge < -0.3 is 10.1 Å². The third kappa shape index (κ3) is 7.21. The van der Waals surface area contributed by atoms with E-state index in [-0.39, 0.29) is 23.8 Å². The second-order valence-electron chi connectivity index (χ2n) is 10.7. The molecule has 1 amide bonds. The van der Waals surface area contributed by atoms with Gasteiger partial charge in [0.2, 0.25) is 0 Å². The predicted octanol–water partition coefficient (Wildman–Crippen LogP) is 5.57. The highest BCUT2D eigenvalue weighted by Gasteiger charge is 2.24. The zero-order chi connectivity index (χ0) is 26.3. The zero-order valence-corrected chi connectivity index (χ0v) is 22.2. The SMILES string of the molecule is Cc1ccc(CN2CCC(Oc3ccc(C(=O)NC4CCN(Cc5ccccc5)CC4)cc3F)CC2)cc1. The number of nitrogens with zero attached hydrogens (tertiary/aromatic N) is 2. The summed E-state index contributed by atoms with van der Waals surface area (Å²) in [5, 5.41) is 3.10. The van der Waals surface area contributed by atoms with E-state index in [4.69, 9.17) is 4.74 Å². The van der Waals surface area contributed by atoms with E-state index in [9.17, 15) is 9.18 Å². The van der Waals surface area contributed by atoms with Crippen molar-refractivity contribution < 1.29 is 13.9 Å². The number of halogens is 1. The summed E-state index contributed by atoms with van der Waals surface area (Å²) in [6.45, 7) is 7.67. The lowest BCUT2D eigenvalue weighted by atomic mass is 10.0. The maximum absolute atomic E-state index is 14.9. The Morgan fingerprint density at radius 3 is 2.08 bits per heavy atom. The molecule has 0 aliphatic carbocycles. The lowest BCUT2D eigenvalue weighted by Crippen LogP contribution is -2.44. The van der Waals surface area contributed by atoms with Gasteiger partial charge >= 0.3 is 0 Å². The van der Waals surface area contributed by atoms with Crippen LogP contribution in [0, 0.1) is 12.7 Å². The van der Waals surface area contributed by atoms with E-state index in [1.807, 2.05) is 6.07 Å². The summed E-state index contributed by atoms with van der Waals surface area (Å²) < 4.78 is 20.9. The lowest BCUT2D eigenvalue weighted by molar-refractivity contribution is 0.0904. The van der Waals surface area contributed by atoms with Gasteiger partial charge in [-0.05, 0) is 61.9 Å². The van der Waals surface area contributed by atoms with Crippen LogP contribution in [0.5, 0.6) is 5.75 Å². The van der Waals surface area contributed by atoms with Crippen molar-refractivity contribution in [2.24, 2.45) is 0 Å². The minimum atomic E-state index is -0.475. The molecule has 0 radical (unpaired) electrons. The Bertz CT molecular complexity index is 1190. The van der Waals surface area contributed by atoms with E-state index in [0.29, 0.717) is 5.56 Å². The van der Waals surface area contributed by atoms with Crippen LogP contribution in [0.15, 0.2) is 72.8 Å². The molecule has 2 saturated heterocycles. The van der Waals surface area contributed by atoms with Crippen molar-refractivity contribution in [2.75, 3.05) is 26.2 Å². The van der Waals surface area contributed by atoms with Gasteiger partial charge in [-0.25, -0.2) is 4.39 Å². The van der Waals surface area contributed by atoms with Gasteiger partial charge in [0, 0.05) is 50.9 Å². The van der Waals surface area contributed by atoms with Crippen molar-refractivity contribution in [3.05, 3.63) is 101 Å². The highest BCUT2D eigenvalue weighted by Crippen LogP contribution is 2.24. The number of amides is 1. The highest BCUT2D eigenvalue weighted by molar-refractivity contribution is 5.94. The van der Waals surface area contributed by atoms with Crippen LogP contribution >= 0.6 is 0 Å². The fourth-order valence-corrected chi connectivity index (χ4v) is 5.40. The van der Waals surface area contributed by atoms with Crippen LogP contribution in [-0.4, -0.2) is 54.0 Å². The summed E-state index contributed by atoms with van der Waals surface area (Å²) in [6.07, 6.45) is 3.49. The number of aryl methyl sites for hydroxylation is 1. The Morgan fingerprint density at radius 2 is 1.45 bits per heavy atom. The first-order chi connectivity index (χ1) is 18.5. The molecule has 3 aromatic carbocycles. The number of benzene rings is 3. The Balaban J connectivity index is 1.06. The van der Waals surface area contributed by atoms with Crippen molar-refractivity contribution in [2.45, 2.75) is 57.8 Å². The third-order valence-corrected chi connectivity index (χ3v) is 7.72. The van der Waals surface area contributed by atoms with Crippen molar-refractivity contribution >= 4 is 5.91 Å². The summed E-state index contributed by atoms with van der Waals surface area (Å²) in [5.41, 5.74) is 4.23. The molecule has 0 bridgehead atoms. The predicted molar refractivity (Wildman–Crippen MR) is 149 cm³/mol. The number of nitrogens with one attached hydrogen (secondary N) is 1. The average molecular weight is 516 g/mol. The topological polar surface area (TPSA) is 44.8 Å². The number of likely N-dealkylation sites (tertiary alicyclic amines) is 2. The van der Waals surface area contributed by atoms with Crippen LogP contribution in [0.1, 0.15) is 52.7 Å². The van der Waals surface area contributed by atoms with E-state index >= 15 is 0 Å². The molecule has 6 heteroatoms. The van der Waals surface area contributed by atoms with Gasteiger partial charge in [-0.1, -0.05) is 60.2 Å². The molecule has 0 spiro atoms. The van der Waals surface area contributed by atoms with Crippen LogP contribution < -0.4 is 10.1 Å². The number of rotatable bonds is 8. The molecular formula is C32H38FN3O2. The number of carbonyl (C=O) groups is 1. The quantitative estimate of drug-likeness (QED) is 0.426. The molecule has 2 heterocycles. The van der Waals surface area contributed by atoms with E-state index in [2.05, 4.69) is 70.6 Å². The highest BCUT2D eigenvalue weighted by atomic mass is 19.1. The lowest BCUT2D eigenvalue weighted by Gasteiger charge is -2.32. The summed E-state index contributed by atoms with van der Waals surface area (Å²) in [4.78, 5) is 17.6. The van der Waals surface area contributed by atoms with Gasteiger partial charge in [0.1, 0.15) is 6.10 Å².